The predicted molar refractivity (Wildman–Crippen MR) is 74.0 cm³/mol. The van der Waals surface area contributed by atoms with E-state index in [1.165, 1.54) is 29.0 Å². The largest absolute Gasteiger partial charge is 0.367 e. The van der Waals surface area contributed by atoms with Crippen molar-refractivity contribution in [3.63, 3.8) is 0 Å². The molecule has 2 N–H and O–H groups in total. The third kappa shape index (κ3) is 3.45. The number of aromatic nitrogens is 1. The lowest BCUT2D eigenvalue weighted by molar-refractivity contribution is 0.0922. The highest BCUT2D eigenvalue weighted by Gasteiger charge is 2.26. The molecule has 110 valence electrons. The Hall–Kier alpha value is -1.67. The Balaban J connectivity index is 1.95. The van der Waals surface area contributed by atoms with Crippen LogP contribution in [0.3, 0.4) is 0 Å². The SMILES string of the molecule is CS(=O)(=O)N1CCC(NC(=O)c2c[nH]ccc2=O)CC1. The third-order valence-electron chi connectivity index (χ3n) is 3.33. The molecule has 8 heteroatoms. The van der Waals surface area contributed by atoms with E-state index in [9.17, 15) is 18.0 Å². The summed E-state index contributed by atoms with van der Waals surface area (Å²) < 4.78 is 24.1. The summed E-state index contributed by atoms with van der Waals surface area (Å²) in [6.45, 7) is 0.768. The number of nitrogens with zero attached hydrogens (tertiary/aromatic N) is 1. The van der Waals surface area contributed by atoms with Gasteiger partial charge < -0.3 is 10.3 Å². The van der Waals surface area contributed by atoms with Crippen LogP contribution in [0.4, 0.5) is 0 Å². The van der Waals surface area contributed by atoms with Crippen molar-refractivity contribution in [3.8, 4) is 0 Å². The summed E-state index contributed by atoms with van der Waals surface area (Å²) in [6, 6.07) is 1.18. The molecule has 0 bridgehead atoms. The first-order chi connectivity index (χ1) is 9.38. The van der Waals surface area contributed by atoms with Gasteiger partial charge in [-0.1, -0.05) is 0 Å². The number of carbonyl (C=O) groups excluding carboxylic acids is 1. The fourth-order valence-electron chi connectivity index (χ4n) is 2.19. The van der Waals surface area contributed by atoms with Crippen LogP contribution in [0.2, 0.25) is 0 Å². The van der Waals surface area contributed by atoms with Gasteiger partial charge in [-0.25, -0.2) is 12.7 Å². The van der Waals surface area contributed by atoms with E-state index >= 15 is 0 Å². The first kappa shape index (κ1) is 14.7. The van der Waals surface area contributed by atoms with E-state index in [0.29, 0.717) is 25.9 Å². The van der Waals surface area contributed by atoms with Crippen LogP contribution < -0.4 is 10.7 Å². The molecule has 1 amide bonds. The number of nitrogens with one attached hydrogen (secondary N) is 2. The second-order valence-electron chi connectivity index (χ2n) is 4.83. The fourth-order valence-corrected chi connectivity index (χ4v) is 3.06. The summed E-state index contributed by atoms with van der Waals surface area (Å²) in [4.78, 5) is 26.2. The molecule has 1 fully saturated rings. The molecule has 2 rings (SSSR count). The average molecular weight is 299 g/mol. The van der Waals surface area contributed by atoms with Crippen LogP contribution in [0.1, 0.15) is 23.2 Å². The maximum Gasteiger partial charge on any atom is 0.256 e. The van der Waals surface area contributed by atoms with Gasteiger partial charge in [-0.2, -0.15) is 0 Å². The zero-order valence-electron chi connectivity index (χ0n) is 11.1. The van der Waals surface area contributed by atoms with Gasteiger partial charge in [0.15, 0.2) is 5.43 Å². The number of hydrogen-bond donors (Lipinski definition) is 2. The third-order valence-corrected chi connectivity index (χ3v) is 4.63. The van der Waals surface area contributed by atoms with Crippen molar-refractivity contribution in [1.82, 2.24) is 14.6 Å². The van der Waals surface area contributed by atoms with Crippen molar-refractivity contribution in [3.05, 3.63) is 34.2 Å². The van der Waals surface area contributed by atoms with Gasteiger partial charge >= 0.3 is 0 Å². The number of carbonyl (C=O) groups is 1. The molecule has 1 aliphatic rings. The molecular weight excluding hydrogens is 282 g/mol. The van der Waals surface area contributed by atoms with Crippen molar-refractivity contribution >= 4 is 15.9 Å². The van der Waals surface area contributed by atoms with Gasteiger partial charge in [0.2, 0.25) is 10.0 Å². The number of aromatic amines is 1. The van der Waals surface area contributed by atoms with Crippen molar-refractivity contribution < 1.29 is 13.2 Å². The Morgan fingerprint density at radius 1 is 1.40 bits per heavy atom. The molecule has 1 saturated heterocycles. The standard InChI is InChI=1S/C12H17N3O4S/c1-20(18,19)15-6-3-9(4-7-15)14-12(17)10-8-13-5-2-11(10)16/h2,5,8-9H,3-4,6-7H2,1H3,(H,13,16)(H,14,17). The molecule has 0 aromatic carbocycles. The van der Waals surface area contributed by atoms with Crippen LogP contribution in [-0.4, -0.2) is 49.0 Å². The zero-order valence-corrected chi connectivity index (χ0v) is 11.9. The molecule has 1 aromatic heterocycles. The number of piperidine rings is 1. The molecule has 0 unspecified atom stereocenters. The van der Waals surface area contributed by atoms with Crippen LogP contribution in [0, 0.1) is 0 Å². The van der Waals surface area contributed by atoms with Crippen LogP contribution in [0.15, 0.2) is 23.3 Å². The van der Waals surface area contributed by atoms with E-state index in [-0.39, 0.29) is 17.0 Å². The van der Waals surface area contributed by atoms with E-state index < -0.39 is 15.9 Å². The lowest BCUT2D eigenvalue weighted by Crippen LogP contribution is -2.46. The minimum absolute atomic E-state index is 0.0676. The number of hydrogen-bond acceptors (Lipinski definition) is 4. The highest BCUT2D eigenvalue weighted by molar-refractivity contribution is 7.88. The van der Waals surface area contributed by atoms with E-state index in [4.69, 9.17) is 0 Å². The quantitative estimate of drug-likeness (QED) is 0.788. The molecule has 0 saturated carbocycles. The second kappa shape index (κ2) is 5.76. The maximum absolute atomic E-state index is 11.9. The van der Waals surface area contributed by atoms with Crippen LogP contribution in [0.5, 0.6) is 0 Å². The van der Waals surface area contributed by atoms with Crippen LogP contribution in [-0.2, 0) is 10.0 Å². The molecule has 1 aliphatic heterocycles. The number of sulfonamides is 1. The van der Waals surface area contributed by atoms with E-state index in [1.54, 1.807) is 0 Å². The Kier molecular flexibility index (Phi) is 4.24. The molecule has 0 atom stereocenters. The average Bonchev–Trinajstić information content (AvgIpc) is 2.38. The second-order valence-corrected chi connectivity index (χ2v) is 6.81. The molecule has 1 aromatic rings. The van der Waals surface area contributed by atoms with Gasteiger partial charge in [-0.15, -0.1) is 0 Å². The molecule has 7 nitrogen and oxygen atoms in total. The minimum Gasteiger partial charge on any atom is -0.367 e. The van der Waals surface area contributed by atoms with Crippen LogP contribution >= 0.6 is 0 Å². The minimum atomic E-state index is -3.17. The van der Waals surface area contributed by atoms with Gasteiger partial charge in [0.1, 0.15) is 5.56 Å². The lowest BCUT2D eigenvalue weighted by Gasteiger charge is -2.30. The first-order valence-corrected chi connectivity index (χ1v) is 8.16. The Morgan fingerprint density at radius 3 is 2.60 bits per heavy atom. The van der Waals surface area contributed by atoms with E-state index in [1.807, 2.05) is 0 Å². The fraction of sp³-hybridized carbons (Fsp3) is 0.500. The van der Waals surface area contributed by atoms with E-state index in [0.717, 1.165) is 0 Å². The smallest absolute Gasteiger partial charge is 0.256 e. The molecule has 2 heterocycles. The number of amides is 1. The van der Waals surface area contributed by atoms with Gasteiger partial charge in [0.05, 0.1) is 6.26 Å². The number of pyridine rings is 1. The summed E-state index contributed by atoms with van der Waals surface area (Å²) >= 11 is 0. The summed E-state index contributed by atoms with van der Waals surface area (Å²) in [6.07, 6.45) is 5.09. The molecule has 0 aliphatic carbocycles. The van der Waals surface area contributed by atoms with Crippen molar-refractivity contribution in [1.29, 1.82) is 0 Å². The van der Waals surface area contributed by atoms with Crippen molar-refractivity contribution in [2.75, 3.05) is 19.3 Å². The van der Waals surface area contributed by atoms with E-state index in [2.05, 4.69) is 10.3 Å². The molecule has 0 radical (unpaired) electrons. The predicted octanol–water partition coefficient (Wildman–Crippen LogP) is -0.471. The highest BCUT2D eigenvalue weighted by Crippen LogP contribution is 2.13. The number of rotatable bonds is 3. The normalized spacial score (nSPS) is 17.9. The maximum atomic E-state index is 11.9. The van der Waals surface area contributed by atoms with Crippen LogP contribution in [0.25, 0.3) is 0 Å². The topological polar surface area (TPSA) is 99.3 Å². The first-order valence-electron chi connectivity index (χ1n) is 6.31. The summed E-state index contributed by atoms with van der Waals surface area (Å²) in [5.41, 5.74) is -0.270. The van der Waals surface area contributed by atoms with Crippen molar-refractivity contribution in [2.24, 2.45) is 0 Å². The lowest BCUT2D eigenvalue weighted by atomic mass is 10.1. The monoisotopic (exact) mass is 299 g/mol. The summed E-state index contributed by atoms with van der Waals surface area (Å²) in [5, 5.41) is 2.77. The zero-order chi connectivity index (χ0) is 14.8. The van der Waals surface area contributed by atoms with Crippen molar-refractivity contribution in [2.45, 2.75) is 18.9 Å². The van der Waals surface area contributed by atoms with Gasteiger partial charge in [0.25, 0.3) is 5.91 Å². The van der Waals surface area contributed by atoms with Gasteiger partial charge in [-0.3, -0.25) is 9.59 Å². The number of H-pyrrole nitrogens is 1. The summed E-state index contributed by atoms with van der Waals surface area (Å²) in [7, 11) is -3.17. The Morgan fingerprint density at radius 2 is 2.05 bits per heavy atom. The molecule has 0 spiro atoms. The molecular formula is C12H17N3O4S. The summed E-state index contributed by atoms with van der Waals surface area (Å²) in [5.74, 6) is -0.426. The Bertz CT molecular complexity index is 645. The highest BCUT2D eigenvalue weighted by atomic mass is 32.2. The van der Waals surface area contributed by atoms with Gasteiger partial charge in [0, 0.05) is 37.6 Å². The van der Waals surface area contributed by atoms with Gasteiger partial charge in [-0.05, 0) is 12.8 Å². The molecule has 20 heavy (non-hydrogen) atoms. The Labute approximate surface area is 117 Å².